The molecule has 1 aromatic rings. The molecule has 6 nitrogen and oxygen atoms in total. The molecule has 1 fully saturated rings. The molecule has 0 bridgehead atoms. The lowest BCUT2D eigenvalue weighted by Crippen LogP contribution is -2.47. The number of anilines is 1. The molecule has 21 heavy (non-hydrogen) atoms. The number of nitrogens with zero attached hydrogens (tertiary/aromatic N) is 1. The van der Waals surface area contributed by atoms with Crippen molar-refractivity contribution in [2.45, 2.75) is 25.8 Å². The third-order valence-corrected chi connectivity index (χ3v) is 4.80. The average molecular weight is 310 g/mol. The smallest absolute Gasteiger partial charge is 0.251 e. The Labute approximate surface area is 128 Å². The van der Waals surface area contributed by atoms with Gasteiger partial charge < -0.3 is 16.8 Å². The topological polar surface area (TPSA) is 101 Å². The van der Waals surface area contributed by atoms with Crippen LogP contribution in [0.3, 0.4) is 0 Å². The molecule has 7 heteroatoms. The highest BCUT2D eigenvalue weighted by Crippen LogP contribution is 2.24. The third kappa shape index (κ3) is 4.03. The highest BCUT2D eigenvalue weighted by Gasteiger charge is 2.26. The van der Waals surface area contributed by atoms with E-state index >= 15 is 0 Å². The van der Waals surface area contributed by atoms with Gasteiger partial charge >= 0.3 is 0 Å². The Morgan fingerprint density at radius 3 is 2.90 bits per heavy atom. The van der Waals surface area contributed by atoms with E-state index < -0.39 is 5.91 Å². The van der Waals surface area contributed by atoms with E-state index in [1.54, 1.807) is 11.4 Å². The molecular weight excluding hydrogens is 288 g/mol. The fraction of sp³-hybridized carbons (Fsp3) is 0.571. The van der Waals surface area contributed by atoms with Crippen LogP contribution in [0.15, 0.2) is 11.4 Å². The second-order valence-electron chi connectivity index (χ2n) is 5.53. The molecule has 0 spiro atoms. The van der Waals surface area contributed by atoms with Gasteiger partial charge in [-0.3, -0.25) is 14.5 Å². The molecule has 2 amide bonds. The van der Waals surface area contributed by atoms with Crippen molar-refractivity contribution in [3.8, 4) is 0 Å². The van der Waals surface area contributed by atoms with E-state index in [-0.39, 0.29) is 5.91 Å². The maximum atomic E-state index is 12.2. The minimum atomic E-state index is -0.527. The van der Waals surface area contributed by atoms with Gasteiger partial charge in [-0.1, -0.05) is 0 Å². The number of hydrogen-bond acceptors (Lipinski definition) is 5. The van der Waals surface area contributed by atoms with E-state index in [0.29, 0.717) is 35.6 Å². The third-order valence-electron chi connectivity index (χ3n) is 3.97. The Bertz CT molecular complexity index is 517. The molecule has 1 saturated heterocycles. The van der Waals surface area contributed by atoms with E-state index in [0.717, 1.165) is 19.4 Å². The summed E-state index contributed by atoms with van der Waals surface area (Å²) in [5, 5.41) is 5.04. The Hall–Kier alpha value is -1.44. The number of rotatable bonds is 5. The normalized spacial score (nSPS) is 23.0. The summed E-state index contributed by atoms with van der Waals surface area (Å²) in [5.74, 6) is -0.192. The van der Waals surface area contributed by atoms with Crippen molar-refractivity contribution in [2.75, 3.05) is 25.0 Å². The van der Waals surface area contributed by atoms with Gasteiger partial charge in [0, 0.05) is 12.6 Å². The largest absolute Gasteiger partial charge is 0.366 e. The van der Waals surface area contributed by atoms with Crippen LogP contribution in [-0.4, -0.2) is 42.4 Å². The van der Waals surface area contributed by atoms with Crippen LogP contribution in [0, 0.1) is 5.92 Å². The van der Waals surface area contributed by atoms with E-state index in [4.69, 9.17) is 11.5 Å². The van der Waals surface area contributed by atoms with Gasteiger partial charge in [-0.2, -0.15) is 0 Å². The minimum Gasteiger partial charge on any atom is -0.366 e. The molecule has 1 aliphatic rings. The van der Waals surface area contributed by atoms with Crippen LogP contribution < -0.4 is 16.8 Å². The van der Waals surface area contributed by atoms with E-state index in [2.05, 4.69) is 17.1 Å². The second-order valence-corrected chi connectivity index (χ2v) is 6.45. The van der Waals surface area contributed by atoms with Crippen LogP contribution in [0.1, 0.15) is 30.1 Å². The molecule has 2 rings (SSSR count). The van der Waals surface area contributed by atoms with Crippen molar-refractivity contribution < 1.29 is 9.59 Å². The molecule has 2 unspecified atom stereocenters. The first-order valence-electron chi connectivity index (χ1n) is 7.12. The molecule has 0 aromatic carbocycles. The summed E-state index contributed by atoms with van der Waals surface area (Å²) in [5.41, 5.74) is 11.4. The van der Waals surface area contributed by atoms with Crippen molar-refractivity contribution in [3.05, 3.63) is 17.0 Å². The molecule has 5 N–H and O–H groups in total. The van der Waals surface area contributed by atoms with Gasteiger partial charge in [-0.15, -0.1) is 11.3 Å². The summed E-state index contributed by atoms with van der Waals surface area (Å²) in [4.78, 5) is 25.6. The first kappa shape index (κ1) is 15.9. The lowest BCUT2D eigenvalue weighted by molar-refractivity contribution is -0.118. The number of primary amides is 1. The molecule has 2 atom stereocenters. The zero-order chi connectivity index (χ0) is 15.4. The quantitative estimate of drug-likeness (QED) is 0.750. The van der Waals surface area contributed by atoms with Crippen molar-refractivity contribution in [3.63, 3.8) is 0 Å². The zero-order valence-corrected chi connectivity index (χ0v) is 13.0. The summed E-state index contributed by atoms with van der Waals surface area (Å²) in [6.45, 7) is 3.94. The highest BCUT2D eigenvalue weighted by atomic mass is 32.1. The van der Waals surface area contributed by atoms with Crippen LogP contribution in [0.2, 0.25) is 0 Å². The number of amides is 2. The van der Waals surface area contributed by atoms with E-state index in [9.17, 15) is 9.59 Å². The van der Waals surface area contributed by atoms with Crippen LogP contribution in [0.25, 0.3) is 0 Å². The summed E-state index contributed by atoms with van der Waals surface area (Å²) >= 11 is 1.30. The first-order chi connectivity index (χ1) is 10.0. The molecule has 116 valence electrons. The Morgan fingerprint density at radius 2 is 2.24 bits per heavy atom. The van der Waals surface area contributed by atoms with Crippen LogP contribution in [-0.2, 0) is 4.79 Å². The highest BCUT2D eigenvalue weighted by molar-refractivity contribution is 7.14. The van der Waals surface area contributed by atoms with Crippen LogP contribution in [0.5, 0.6) is 0 Å². The van der Waals surface area contributed by atoms with Crippen molar-refractivity contribution in [1.82, 2.24) is 4.90 Å². The summed E-state index contributed by atoms with van der Waals surface area (Å²) < 4.78 is 0. The fourth-order valence-electron chi connectivity index (χ4n) is 2.63. The molecule has 0 radical (unpaired) electrons. The summed E-state index contributed by atoms with van der Waals surface area (Å²) in [6.07, 6.45) is 2.17. The number of nitrogens with one attached hydrogen (secondary N) is 1. The average Bonchev–Trinajstić information content (AvgIpc) is 2.89. The van der Waals surface area contributed by atoms with Crippen molar-refractivity contribution >= 4 is 28.2 Å². The van der Waals surface area contributed by atoms with Gasteiger partial charge in [-0.05, 0) is 43.7 Å². The van der Waals surface area contributed by atoms with E-state index in [1.807, 2.05) is 0 Å². The monoisotopic (exact) mass is 310 g/mol. The predicted octanol–water partition coefficient (Wildman–Crippen LogP) is 0.845. The number of carbonyl (C=O) groups is 2. The maximum absolute atomic E-state index is 12.2. The van der Waals surface area contributed by atoms with Gasteiger partial charge in [0.25, 0.3) is 5.91 Å². The van der Waals surface area contributed by atoms with Gasteiger partial charge in [-0.25, -0.2) is 0 Å². The SMILES string of the molecule is CC1CCC(CN)CN1CC(=O)Nc1sccc1C(N)=O. The summed E-state index contributed by atoms with van der Waals surface area (Å²) in [6, 6.07) is 1.99. The van der Waals surface area contributed by atoms with E-state index in [1.165, 1.54) is 11.3 Å². The van der Waals surface area contributed by atoms with Crippen LogP contribution >= 0.6 is 11.3 Å². The second kappa shape index (κ2) is 7.02. The summed E-state index contributed by atoms with van der Waals surface area (Å²) in [7, 11) is 0. The number of nitrogens with two attached hydrogens (primary N) is 2. The molecule has 2 heterocycles. The standard InChI is InChI=1S/C14H22N4O2S/c1-9-2-3-10(6-15)7-18(9)8-12(19)17-14-11(13(16)20)4-5-21-14/h4-5,9-10H,2-3,6-8,15H2,1H3,(H2,16,20)(H,17,19). The number of thiophene rings is 1. The molecule has 0 saturated carbocycles. The van der Waals surface area contributed by atoms with Gasteiger partial charge in [0.1, 0.15) is 5.00 Å². The zero-order valence-electron chi connectivity index (χ0n) is 12.2. The maximum Gasteiger partial charge on any atom is 0.251 e. The van der Waals surface area contributed by atoms with Gasteiger partial charge in [0.05, 0.1) is 12.1 Å². The van der Waals surface area contributed by atoms with Gasteiger partial charge in [0.15, 0.2) is 0 Å². The Kier molecular flexibility index (Phi) is 5.33. The molecule has 1 aliphatic heterocycles. The first-order valence-corrected chi connectivity index (χ1v) is 8.00. The number of piperidine rings is 1. The predicted molar refractivity (Wildman–Crippen MR) is 84.3 cm³/mol. The number of likely N-dealkylation sites (tertiary alicyclic amines) is 1. The lowest BCUT2D eigenvalue weighted by atomic mass is 9.93. The van der Waals surface area contributed by atoms with Crippen molar-refractivity contribution in [1.29, 1.82) is 0 Å². The Balaban J connectivity index is 1.94. The minimum absolute atomic E-state index is 0.121. The molecular formula is C14H22N4O2S. The number of carbonyl (C=O) groups excluding carboxylic acids is 2. The molecule has 1 aromatic heterocycles. The van der Waals surface area contributed by atoms with Gasteiger partial charge in [0.2, 0.25) is 5.91 Å². The number of hydrogen-bond donors (Lipinski definition) is 3. The van der Waals surface area contributed by atoms with Crippen LogP contribution in [0.4, 0.5) is 5.00 Å². The lowest BCUT2D eigenvalue weighted by Gasteiger charge is -2.37. The Morgan fingerprint density at radius 1 is 1.48 bits per heavy atom. The van der Waals surface area contributed by atoms with Crippen molar-refractivity contribution in [2.24, 2.45) is 17.4 Å². The fourth-order valence-corrected chi connectivity index (χ4v) is 3.43. The molecule has 0 aliphatic carbocycles.